The summed E-state index contributed by atoms with van der Waals surface area (Å²) in [6.45, 7) is 0. The summed E-state index contributed by atoms with van der Waals surface area (Å²) in [6.07, 6.45) is 0. The summed E-state index contributed by atoms with van der Waals surface area (Å²) in [7, 11) is 0. The lowest BCUT2D eigenvalue weighted by molar-refractivity contribution is 0.0373. The number of carbonyl (C=O) groups excluding carboxylic acids is 8. The van der Waals surface area contributed by atoms with Gasteiger partial charge in [-0.15, -0.1) is 0 Å². The number of fused-ring (bicyclic) bond motifs is 8. The molecule has 0 unspecified atom stereocenters. The van der Waals surface area contributed by atoms with Crippen LogP contribution in [0.5, 0.6) is 23.0 Å². The fraction of sp³-hybridized carbons (Fsp3) is 0. The van der Waals surface area contributed by atoms with Gasteiger partial charge in [0.1, 0.15) is 0 Å². The van der Waals surface area contributed by atoms with Crippen molar-refractivity contribution in [2.24, 2.45) is 0 Å². The summed E-state index contributed by atoms with van der Waals surface area (Å²) in [5.41, 5.74) is 18.5. The summed E-state index contributed by atoms with van der Waals surface area (Å²) < 4.78 is 34.4. The molecule has 18 nitrogen and oxygen atoms in total. The lowest BCUT2D eigenvalue weighted by Gasteiger charge is -2.33. The molecule has 22 aromatic carbocycles. The second-order valence-corrected chi connectivity index (χ2v) is 34.7. The minimum absolute atomic E-state index is 0.259. The highest BCUT2D eigenvalue weighted by Gasteiger charge is 2.41. The molecule has 138 heavy (non-hydrogen) atoms. The first-order chi connectivity index (χ1) is 67.8. The molecule has 0 radical (unpaired) electrons. The van der Waals surface area contributed by atoms with Crippen LogP contribution >= 0.6 is 0 Å². The highest BCUT2D eigenvalue weighted by molar-refractivity contribution is 6.45. The van der Waals surface area contributed by atoms with E-state index in [0.29, 0.717) is 65.3 Å². The van der Waals surface area contributed by atoms with Crippen LogP contribution in [0, 0.1) is 0 Å². The Morgan fingerprint density at radius 1 is 0.167 bits per heavy atom. The minimum atomic E-state index is -0.743. The van der Waals surface area contributed by atoms with Crippen molar-refractivity contribution in [2.45, 2.75) is 0 Å². The van der Waals surface area contributed by atoms with Gasteiger partial charge < -0.3 is 48.0 Å². The second-order valence-electron chi connectivity index (χ2n) is 34.7. The first-order valence-electron chi connectivity index (χ1n) is 45.0. The Balaban J connectivity index is 0.000000139. The van der Waals surface area contributed by atoms with Gasteiger partial charge in [0.15, 0.2) is 23.0 Å². The van der Waals surface area contributed by atoms with Crippen LogP contribution in [0.4, 0.5) is 68.2 Å². The Morgan fingerprint density at radius 2 is 0.457 bits per heavy atom. The van der Waals surface area contributed by atoms with E-state index in [0.717, 1.165) is 157 Å². The van der Waals surface area contributed by atoms with E-state index in [1.54, 1.807) is 36.4 Å². The molecule has 648 valence electrons. The molecular weight excluding hydrogens is 1720 g/mol. The summed E-state index contributed by atoms with van der Waals surface area (Å²) >= 11 is 0. The van der Waals surface area contributed by atoms with E-state index in [4.69, 9.17) is 28.4 Å². The Bertz CT molecular complexity index is 8510. The van der Waals surface area contributed by atoms with Crippen LogP contribution in [-0.4, -0.2) is 47.8 Å². The van der Waals surface area contributed by atoms with E-state index in [-0.39, 0.29) is 44.5 Å². The normalized spacial score (nSPS) is 13.7. The monoisotopic (exact) mass is 1780 g/mol. The minimum Gasteiger partial charge on any atom is -0.453 e. The predicted octanol–water partition coefficient (Wildman–Crippen LogP) is 29.5. The molecular formula is C120H64N4O14. The molecule has 0 aromatic heterocycles. The third-order valence-corrected chi connectivity index (χ3v) is 27.3. The topological polar surface area (TPSA) is 205 Å². The van der Waals surface area contributed by atoms with Crippen LogP contribution in [0.25, 0.3) is 131 Å². The largest absolute Gasteiger partial charge is 0.453 e. The van der Waals surface area contributed by atoms with Crippen molar-refractivity contribution in [1.29, 1.82) is 0 Å². The van der Waals surface area contributed by atoms with Crippen molar-refractivity contribution in [2.75, 3.05) is 19.6 Å². The van der Waals surface area contributed by atoms with E-state index in [1.165, 1.54) is 0 Å². The SMILES string of the molecule is O=C1OC(=O)c2c(-c3cccc(N(c4ccccc4)c4ccccc4)c3)cc3c4ccc5c6c(c(-c7cccc(N(c8ccccc8)c8ccccc8)c7)cc(c7ccc1c2c73)c64)C(=O)OC5=O.O=C1OC(=O)c2cc(-c3ccc(N4c5ccccc5Oc5ccccc54)cc3)c3c4ccc5c6c(cc(-c7ccc(N8c9ccccc9Oc9ccccc98)cc7)c(c7ccc1c2c73)c64)C(=O)OC5=O. The number of esters is 8. The highest BCUT2D eigenvalue weighted by atomic mass is 16.6. The summed E-state index contributed by atoms with van der Waals surface area (Å²) in [5.74, 6) is -2.98. The van der Waals surface area contributed by atoms with Crippen LogP contribution in [0.15, 0.2) is 388 Å². The zero-order valence-corrected chi connectivity index (χ0v) is 72.5. The maximum absolute atomic E-state index is 14.3. The maximum atomic E-state index is 14.3. The Labute approximate surface area is 783 Å². The third-order valence-electron chi connectivity index (χ3n) is 27.3. The molecule has 0 bridgehead atoms. The van der Waals surface area contributed by atoms with E-state index >= 15 is 0 Å². The van der Waals surface area contributed by atoms with Crippen LogP contribution < -0.4 is 29.1 Å². The van der Waals surface area contributed by atoms with Gasteiger partial charge in [-0.2, -0.15) is 0 Å². The number of cyclic esters (lactones) is 8. The van der Waals surface area contributed by atoms with Gasteiger partial charge in [0, 0.05) is 67.0 Å². The van der Waals surface area contributed by atoms with Gasteiger partial charge in [-0.05, 0) is 303 Å². The molecule has 6 aliphatic heterocycles. The third kappa shape index (κ3) is 11.8. The molecule has 0 saturated heterocycles. The summed E-state index contributed by atoms with van der Waals surface area (Å²) in [6, 6.07) is 126. The van der Waals surface area contributed by atoms with Gasteiger partial charge >= 0.3 is 47.8 Å². The Hall–Kier alpha value is -19.2. The van der Waals surface area contributed by atoms with E-state index in [1.807, 2.05) is 352 Å². The van der Waals surface area contributed by atoms with Crippen LogP contribution in [0.2, 0.25) is 0 Å². The first-order valence-corrected chi connectivity index (χ1v) is 45.0. The van der Waals surface area contributed by atoms with Gasteiger partial charge in [-0.3, -0.25) is 0 Å². The van der Waals surface area contributed by atoms with Gasteiger partial charge in [0.2, 0.25) is 0 Å². The number of para-hydroxylation sites is 12. The van der Waals surface area contributed by atoms with Crippen molar-refractivity contribution < 1.29 is 66.8 Å². The molecule has 22 aromatic rings. The molecule has 0 spiro atoms. The first kappa shape index (κ1) is 78.6. The second kappa shape index (κ2) is 30.2. The number of hydrogen-bond acceptors (Lipinski definition) is 18. The molecule has 28 rings (SSSR count). The maximum Gasteiger partial charge on any atom is 0.347 e. The molecule has 0 fully saturated rings. The zero-order valence-electron chi connectivity index (χ0n) is 72.5. The molecule has 6 aliphatic rings. The number of anilines is 12. The number of nitrogens with zero attached hydrogens (tertiary/aromatic N) is 4. The van der Waals surface area contributed by atoms with Gasteiger partial charge in [-0.1, -0.05) is 194 Å². The molecule has 0 N–H and O–H groups in total. The van der Waals surface area contributed by atoms with Crippen molar-refractivity contribution in [3.63, 3.8) is 0 Å². The quantitative estimate of drug-likeness (QED) is 0.0367. The highest BCUT2D eigenvalue weighted by Crippen LogP contribution is 2.58. The number of benzene rings is 22. The molecule has 6 heterocycles. The molecule has 0 aliphatic carbocycles. The summed E-state index contributed by atoms with van der Waals surface area (Å²) in [4.78, 5) is 120. The van der Waals surface area contributed by atoms with Crippen LogP contribution in [0.3, 0.4) is 0 Å². The number of ether oxygens (including phenoxy) is 6. The average Bonchev–Trinajstić information content (AvgIpc) is 0.689. The average molecular weight is 1790 g/mol. The lowest BCUT2D eigenvalue weighted by Crippen LogP contribution is -2.21. The summed E-state index contributed by atoms with van der Waals surface area (Å²) in [5, 5.41) is 10.7. The molecule has 0 atom stereocenters. The molecule has 0 saturated carbocycles. The van der Waals surface area contributed by atoms with Crippen molar-refractivity contribution >= 4 is 202 Å². The Morgan fingerprint density at radius 3 is 0.797 bits per heavy atom. The van der Waals surface area contributed by atoms with Crippen LogP contribution in [-0.2, 0) is 18.9 Å². The number of carbonyl (C=O) groups is 8. The Kier molecular flexibility index (Phi) is 17.2. The number of rotatable bonds is 12. The van der Waals surface area contributed by atoms with Crippen molar-refractivity contribution in [1.82, 2.24) is 0 Å². The standard InChI is InChI=1S/C60H30N2O8.C60H34N2O6/c63-57-37-28-26-36-52-40(32-19-23-34(24-20-32)62-45-11-3-7-15-49(45)68-50-16-8-4-12-46(50)62)30-42-54-38(58(64)70-60(42)66)27-25-35(56(52)54)51-39(29-41(59(65)69-57)53(37)55(36)51)31-17-21-33(22-18-31)61-43-9-1-5-13-47(43)67-48-14-6-2-10-44(48)61;63-57-45-29-28-44-50-34-48(36-16-14-26-42(32-36)62(39-21-9-3-10-22-39)40-23-11-4-12-24-40)56-54-46(58(64)68-60(56)66)30-27-43(52(50)54)49-33-47(55(59(65)67-57)53(45)51(44)49)35-15-13-25-41(31-35)61(37-17-5-1-6-18-37)38-19-7-2-8-20-38/h1-30H;1-34H. The van der Waals surface area contributed by atoms with E-state index < -0.39 is 47.8 Å². The molecule has 18 heteroatoms. The predicted molar refractivity (Wildman–Crippen MR) is 535 cm³/mol. The lowest BCUT2D eigenvalue weighted by atomic mass is 9.79. The van der Waals surface area contributed by atoms with E-state index in [2.05, 4.69) is 19.6 Å². The van der Waals surface area contributed by atoms with Crippen LogP contribution in [0.1, 0.15) is 82.9 Å². The van der Waals surface area contributed by atoms with Crippen molar-refractivity contribution in [3.8, 4) is 67.5 Å². The zero-order chi connectivity index (χ0) is 92.1. The fourth-order valence-corrected chi connectivity index (χ4v) is 21.6. The van der Waals surface area contributed by atoms with Crippen molar-refractivity contribution in [3.05, 3.63) is 433 Å². The molecule has 0 amide bonds. The van der Waals surface area contributed by atoms with Gasteiger partial charge in [-0.25, -0.2) is 38.4 Å². The smallest absolute Gasteiger partial charge is 0.347 e. The van der Waals surface area contributed by atoms with E-state index in [9.17, 15) is 38.4 Å². The number of hydrogen-bond donors (Lipinski definition) is 0. The van der Waals surface area contributed by atoms with Gasteiger partial charge in [0.05, 0.1) is 67.3 Å². The fourth-order valence-electron chi connectivity index (χ4n) is 21.6. The van der Waals surface area contributed by atoms with Gasteiger partial charge in [0.25, 0.3) is 0 Å².